The van der Waals surface area contributed by atoms with Crippen molar-refractivity contribution in [2.45, 2.75) is 18.3 Å². The summed E-state index contributed by atoms with van der Waals surface area (Å²) >= 11 is 0. The molecule has 0 heterocycles. The summed E-state index contributed by atoms with van der Waals surface area (Å²) in [5.74, 6) is -1.39. The van der Waals surface area contributed by atoms with Gasteiger partial charge in [-0.2, -0.15) is 8.42 Å². The quantitative estimate of drug-likeness (QED) is 0.292. The number of hydrogen-bond donors (Lipinski definition) is 5. The molecule has 0 aliphatic heterocycles. The van der Waals surface area contributed by atoms with Crippen molar-refractivity contribution in [2.75, 3.05) is 13.2 Å². The van der Waals surface area contributed by atoms with Crippen LogP contribution in [0.1, 0.15) is 0 Å². The van der Waals surface area contributed by atoms with Crippen molar-refractivity contribution in [2.24, 2.45) is 0 Å². The number of hydrogen-bond acceptors (Lipinski definition) is 8. The van der Waals surface area contributed by atoms with Gasteiger partial charge in [0.25, 0.3) is 0 Å². The monoisotopic (exact) mass is 260 g/mol. The van der Waals surface area contributed by atoms with E-state index in [0.717, 1.165) is 0 Å². The van der Waals surface area contributed by atoms with Gasteiger partial charge >= 0.3 is 10.4 Å². The molecule has 5 N–H and O–H groups in total. The predicted molar refractivity (Wildman–Crippen MR) is 47.6 cm³/mol. The molecule has 0 aromatic rings. The highest BCUT2D eigenvalue weighted by atomic mass is 32.3. The van der Waals surface area contributed by atoms with E-state index in [1.54, 1.807) is 0 Å². The largest absolute Gasteiger partial charge is 0.398 e. The number of Topliss-reactive ketones (excluding diaryl/α,β-unsaturated/α-hetero) is 1. The summed E-state index contributed by atoms with van der Waals surface area (Å²) in [4.78, 5) is 11.2. The molecule has 0 saturated carbocycles. The van der Waals surface area contributed by atoms with Crippen molar-refractivity contribution in [1.29, 1.82) is 0 Å². The van der Waals surface area contributed by atoms with Gasteiger partial charge in [-0.05, 0) is 0 Å². The molecular weight excluding hydrogens is 248 g/mol. The van der Waals surface area contributed by atoms with Crippen LogP contribution in [0.5, 0.6) is 0 Å². The van der Waals surface area contributed by atoms with Crippen LogP contribution in [0, 0.1) is 0 Å². The fourth-order valence-corrected chi connectivity index (χ4v) is 1.29. The van der Waals surface area contributed by atoms with Crippen LogP contribution in [0.25, 0.3) is 0 Å². The molecule has 0 aromatic carbocycles. The zero-order chi connectivity index (χ0) is 12.9. The molecule has 16 heavy (non-hydrogen) atoms. The Hall–Kier alpha value is -0.620. The lowest BCUT2D eigenvalue weighted by atomic mass is 10.1. The van der Waals surface area contributed by atoms with Gasteiger partial charge in [0.2, 0.25) is 0 Å². The van der Waals surface area contributed by atoms with Gasteiger partial charge in [0, 0.05) is 0 Å². The SMILES string of the molecule is O=C([C@@H](O)CO)[C@H](OS(=O)(=O)O)[C@H](O)CO. The minimum atomic E-state index is -5.05. The van der Waals surface area contributed by atoms with Gasteiger partial charge in [-0.3, -0.25) is 9.35 Å². The Bertz CT molecular complexity index is 323. The van der Waals surface area contributed by atoms with E-state index in [4.69, 9.17) is 25.0 Å². The van der Waals surface area contributed by atoms with Crippen molar-refractivity contribution in [3.63, 3.8) is 0 Å². The first kappa shape index (κ1) is 15.4. The molecular formula is C6H12O9S. The Morgan fingerprint density at radius 3 is 2.00 bits per heavy atom. The summed E-state index contributed by atoms with van der Waals surface area (Å²) in [7, 11) is -5.05. The Morgan fingerprint density at radius 2 is 1.69 bits per heavy atom. The lowest BCUT2D eigenvalue weighted by Crippen LogP contribution is -2.46. The third-order valence-electron chi connectivity index (χ3n) is 1.54. The summed E-state index contributed by atoms with van der Waals surface area (Å²) in [6.45, 7) is -2.06. The van der Waals surface area contributed by atoms with Gasteiger partial charge in [-0.15, -0.1) is 0 Å². The second kappa shape index (κ2) is 6.20. The van der Waals surface area contributed by atoms with Crippen molar-refractivity contribution < 1.29 is 42.4 Å². The molecule has 3 atom stereocenters. The lowest BCUT2D eigenvalue weighted by Gasteiger charge is -2.20. The Balaban J connectivity index is 4.88. The number of rotatable bonds is 7. The minimum absolute atomic E-state index is 1.03. The van der Waals surface area contributed by atoms with E-state index < -0.39 is 47.7 Å². The van der Waals surface area contributed by atoms with E-state index in [1.165, 1.54) is 0 Å². The molecule has 0 radical (unpaired) electrons. The smallest absolute Gasteiger partial charge is 0.394 e. The molecule has 9 nitrogen and oxygen atoms in total. The number of ketones is 1. The first-order valence-corrected chi connectivity index (χ1v) is 5.36. The van der Waals surface area contributed by atoms with Gasteiger partial charge in [-0.25, -0.2) is 4.18 Å². The summed E-state index contributed by atoms with van der Waals surface area (Å²) in [6.07, 6.45) is -6.15. The van der Waals surface area contributed by atoms with Crippen molar-refractivity contribution in [3.8, 4) is 0 Å². The summed E-state index contributed by atoms with van der Waals surface area (Å²) < 4.78 is 32.7. The van der Waals surface area contributed by atoms with Crippen molar-refractivity contribution >= 4 is 16.2 Å². The molecule has 0 rings (SSSR count). The van der Waals surface area contributed by atoms with Crippen LogP contribution in [-0.2, 0) is 19.4 Å². The highest BCUT2D eigenvalue weighted by Crippen LogP contribution is 2.07. The van der Waals surface area contributed by atoms with Crippen molar-refractivity contribution in [1.82, 2.24) is 0 Å². The van der Waals surface area contributed by atoms with Gasteiger partial charge in [0.1, 0.15) is 12.2 Å². The molecule has 0 unspecified atom stereocenters. The van der Waals surface area contributed by atoms with Gasteiger partial charge in [0.15, 0.2) is 11.9 Å². The first-order valence-electron chi connectivity index (χ1n) is 4.00. The second-order valence-electron chi connectivity index (χ2n) is 2.80. The third kappa shape index (κ3) is 4.94. The molecule has 0 aromatic heterocycles. The molecule has 0 amide bonds. The number of aliphatic hydroxyl groups is 4. The van der Waals surface area contributed by atoms with E-state index in [-0.39, 0.29) is 0 Å². The number of carbonyl (C=O) groups is 1. The molecule has 10 heteroatoms. The third-order valence-corrected chi connectivity index (χ3v) is 1.99. The lowest BCUT2D eigenvalue weighted by molar-refractivity contribution is -0.142. The van der Waals surface area contributed by atoms with E-state index in [0.29, 0.717) is 0 Å². The van der Waals surface area contributed by atoms with Crippen LogP contribution in [-0.4, -0.2) is 70.7 Å². The average molecular weight is 260 g/mol. The normalized spacial score (nSPS) is 17.8. The van der Waals surface area contributed by atoms with Crippen LogP contribution in [0.2, 0.25) is 0 Å². The number of aliphatic hydroxyl groups excluding tert-OH is 4. The zero-order valence-corrected chi connectivity index (χ0v) is 8.74. The topological polar surface area (TPSA) is 162 Å². The molecule has 0 aliphatic carbocycles. The summed E-state index contributed by atoms with van der Waals surface area (Å²) in [6, 6.07) is 0. The van der Waals surface area contributed by atoms with E-state index in [1.807, 2.05) is 0 Å². The Labute approximate surface area is 90.9 Å². The zero-order valence-electron chi connectivity index (χ0n) is 7.92. The fourth-order valence-electron chi connectivity index (χ4n) is 0.807. The Kier molecular flexibility index (Phi) is 5.96. The van der Waals surface area contributed by atoms with Gasteiger partial charge in [-0.1, -0.05) is 0 Å². The summed E-state index contributed by atoms with van der Waals surface area (Å²) in [5.41, 5.74) is 0. The van der Waals surface area contributed by atoms with Crippen LogP contribution >= 0.6 is 0 Å². The van der Waals surface area contributed by atoms with Crippen LogP contribution in [0.15, 0.2) is 0 Å². The summed E-state index contributed by atoms with van der Waals surface area (Å²) in [5, 5.41) is 34.8. The van der Waals surface area contributed by atoms with E-state index in [9.17, 15) is 13.2 Å². The molecule has 0 aliphatic rings. The van der Waals surface area contributed by atoms with E-state index in [2.05, 4.69) is 4.18 Å². The molecule has 96 valence electrons. The molecule has 0 bridgehead atoms. The molecule has 0 spiro atoms. The second-order valence-corrected chi connectivity index (χ2v) is 3.84. The maximum absolute atomic E-state index is 11.2. The van der Waals surface area contributed by atoms with Gasteiger partial charge < -0.3 is 20.4 Å². The maximum Gasteiger partial charge on any atom is 0.398 e. The van der Waals surface area contributed by atoms with E-state index >= 15 is 0 Å². The highest BCUT2D eigenvalue weighted by molar-refractivity contribution is 7.80. The standard InChI is InChI=1S/C6H12O9S/c7-1-3(9)5(11)6(4(10)2-8)15-16(12,13)14/h3-4,6-10H,1-2H2,(H,12,13,14)/t3-,4+,6+/m0/s1. The van der Waals surface area contributed by atoms with Crippen LogP contribution < -0.4 is 0 Å². The minimum Gasteiger partial charge on any atom is -0.394 e. The first-order chi connectivity index (χ1) is 7.22. The predicted octanol–water partition coefficient (Wildman–Crippen LogP) is -3.55. The maximum atomic E-state index is 11.2. The van der Waals surface area contributed by atoms with Crippen LogP contribution in [0.3, 0.4) is 0 Å². The van der Waals surface area contributed by atoms with Gasteiger partial charge in [0.05, 0.1) is 13.2 Å². The number of carbonyl (C=O) groups excluding carboxylic acids is 1. The Morgan fingerprint density at radius 1 is 1.19 bits per heavy atom. The highest BCUT2D eigenvalue weighted by Gasteiger charge is 2.35. The fraction of sp³-hybridized carbons (Fsp3) is 0.833. The van der Waals surface area contributed by atoms with Crippen LogP contribution in [0.4, 0.5) is 0 Å². The van der Waals surface area contributed by atoms with Crippen molar-refractivity contribution in [3.05, 3.63) is 0 Å². The molecule has 0 fully saturated rings. The average Bonchev–Trinajstić information content (AvgIpc) is 2.21. The molecule has 0 saturated heterocycles.